The first-order valence-electron chi connectivity index (χ1n) is 8.44. The molecule has 3 unspecified atom stereocenters. The van der Waals surface area contributed by atoms with E-state index in [2.05, 4.69) is 10.6 Å². The van der Waals surface area contributed by atoms with Crippen LogP contribution >= 0.6 is 0 Å². The Hall–Kier alpha value is -2.05. The molecule has 0 spiro atoms. The largest absolute Gasteiger partial charge is 0.391 e. The minimum atomic E-state index is -4.22. The van der Waals surface area contributed by atoms with Gasteiger partial charge in [-0.25, -0.2) is 0 Å². The van der Waals surface area contributed by atoms with Crippen LogP contribution in [0.25, 0.3) is 0 Å². The van der Waals surface area contributed by atoms with E-state index in [1.807, 2.05) is 6.07 Å². The molecule has 0 aliphatic heterocycles. The van der Waals surface area contributed by atoms with Crippen LogP contribution in [0.2, 0.25) is 0 Å². The smallest absolute Gasteiger partial charge is 0.353 e. The van der Waals surface area contributed by atoms with Crippen molar-refractivity contribution < 1.29 is 22.8 Å². The highest BCUT2D eigenvalue weighted by Crippen LogP contribution is 2.37. The maximum atomic E-state index is 12.9. The lowest BCUT2D eigenvalue weighted by atomic mass is 9.85. The van der Waals surface area contributed by atoms with E-state index in [0.29, 0.717) is 12.8 Å². The van der Waals surface area contributed by atoms with Crippen LogP contribution in [0, 0.1) is 5.92 Å². The Kier molecular flexibility index (Phi) is 6.45. The molecule has 0 radical (unpaired) electrons. The summed E-state index contributed by atoms with van der Waals surface area (Å²) in [6.07, 6.45) is -3.18. The van der Waals surface area contributed by atoms with Crippen LogP contribution in [0.5, 0.6) is 0 Å². The zero-order chi connectivity index (χ0) is 18.4. The third-order valence-corrected chi connectivity index (χ3v) is 4.47. The normalized spacial score (nSPS) is 22.1. The van der Waals surface area contributed by atoms with Crippen LogP contribution in [0.1, 0.15) is 50.6 Å². The van der Waals surface area contributed by atoms with E-state index in [0.717, 1.165) is 5.56 Å². The van der Waals surface area contributed by atoms with Crippen molar-refractivity contribution in [3.05, 3.63) is 35.9 Å². The van der Waals surface area contributed by atoms with Gasteiger partial charge in [-0.1, -0.05) is 36.8 Å². The summed E-state index contributed by atoms with van der Waals surface area (Å²) in [6.45, 7) is 1.36. The van der Waals surface area contributed by atoms with E-state index in [4.69, 9.17) is 0 Å². The summed E-state index contributed by atoms with van der Waals surface area (Å²) in [5, 5.41) is 5.42. The van der Waals surface area contributed by atoms with Crippen molar-refractivity contribution in [2.24, 2.45) is 5.92 Å². The van der Waals surface area contributed by atoms with Crippen LogP contribution in [-0.2, 0) is 9.59 Å². The summed E-state index contributed by atoms with van der Waals surface area (Å²) >= 11 is 0. The van der Waals surface area contributed by atoms with Gasteiger partial charge < -0.3 is 10.6 Å². The zero-order valence-electron chi connectivity index (χ0n) is 14.1. The molecule has 0 saturated heterocycles. The predicted octanol–water partition coefficient (Wildman–Crippen LogP) is 3.49. The topological polar surface area (TPSA) is 58.2 Å². The molecule has 0 bridgehead atoms. The molecule has 7 heteroatoms. The first-order valence-corrected chi connectivity index (χ1v) is 8.44. The van der Waals surface area contributed by atoms with Crippen LogP contribution < -0.4 is 10.6 Å². The van der Waals surface area contributed by atoms with E-state index in [9.17, 15) is 22.8 Å². The van der Waals surface area contributed by atoms with Gasteiger partial charge in [0.1, 0.15) is 0 Å². The molecule has 2 rings (SSSR count). The Morgan fingerprint density at radius 1 is 1.20 bits per heavy atom. The number of benzene rings is 1. The van der Waals surface area contributed by atoms with Crippen LogP contribution in [-0.4, -0.2) is 24.0 Å². The molecule has 1 saturated carbocycles. The third kappa shape index (κ3) is 6.07. The van der Waals surface area contributed by atoms with Gasteiger partial charge in [0.15, 0.2) is 0 Å². The summed E-state index contributed by atoms with van der Waals surface area (Å²) in [5.41, 5.74) is 0.782. The predicted molar refractivity (Wildman–Crippen MR) is 87.6 cm³/mol. The van der Waals surface area contributed by atoms with Gasteiger partial charge in [0.2, 0.25) is 11.8 Å². The Balaban J connectivity index is 1.95. The minimum absolute atomic E-state index is 0.00320. The molecule has 4 nitrogen and oxygen atoms in total. The molecule has 0 heterocycles. The maximum absolute atomic E-state index is 12.9. The fourth-order valence-corrected chi connectivity index (χ4v) is 3.27. The summed E-state index contributed by atoms with van der Waals surface area (Å²) in [6, 6.07) is 8.06. The van der Waals surface area contributed by atoms with Gasteiger partial charge in [-0.2, -0.15) is 13.2 Å². The number of carbonyl (C=O) groups excluding carboxylic acids is 2. The number of rotatable bonds is 5. The Morgan fingerprint density at radius 3 is 2.48 bits per heavy atom. The van der Waals surface area contributed by atoms with Crippen LogP contribution in [0.15, 0.2) is 30.3 Å². The maximum Gasteiger partial charge on any atom is 0.391 e. The highest BCUT2D eigenvalue weighted by atomic mass is 19.4. The summed E-state index contributed by atoms with van der Waals surface area (Å²) in [7, 11) is 0. The van der Waals surface area contributed by atoms with Crippen molar-refractivity contribution >= 4 is 11.8 Å². The first kappa shape index (κ1) is 19.3. The Bertz CT molecular complexity index is 590. The minimum Gasteiger partial charge on any atom is -0.353 e. The van der Waals surface area contributed by atoms with Crippen molar-refractivity contribution in [1.29, 1.82) is 0 Å². The van der Waals surface area contributed by atoms with Crippen molar-refractivity contribution in [2.75, 3.05) is 0 Å². The van der Waals surface area contributed by atoms with Crippen molar-refractivity contribution in [1.82, 2.24) is 10.6 Å². The van der Waals surface area contributed by atoms with Gasteiger partial charge in [-0.3, -0.25) is 9.59 Å². The number of hydrogen-bond donors (Lipinski definition) is 2. The molecular weight excluding hydrogens is 333 g/mol. The lowest BCUT2D eigenvalue weighted by molar-refractivity contribution is -0.184. The second-order valence-corrected chi connectivity index (χ2v) is 6.54. The molecule has 1 fully saturated rings. The average Bonchev–Trinajstić information content (AvgIpc) is 2.54. The molecule has 1 aliphatic rings. The van der Waals surface area contributed by atoms with Gasteiger partial charge in [0.25, 0.3) is 0 Å². The highest BCUT2D eigenvalue weighted by molar-refractivity contribution is 5.79. The fourth-order valence-electron chi connectivity index (χ4n) is 3.27. The van der Waals surface area contributed by atoms with E-state index >= 15 is 0 Å². The van der Waals surface area contributed by atoms with Crippen molar-refractivity contribution in [3.63, 3.8) is 0 Å². The van der Waals surface area contributed by atoms with E-state index in [-0.39, 0.29) is 31.1 Å². The van der Waals surface area contributed by atoms with Crippen LogP contribution in [0.4, 0.5) is 13.2 Å². The zero-order valence-corrected chi connectivity index (χ0v) is 14.1. The van der Waals surface area contributed by atoms with E-state index in [1.54, 1.807) is 24.3 Å². The molecule has 1 aromatic rings. The molecular formula is C18H23F3N2O2. The van der Waals surface area contributed by atoms with E-state index in [1.165, 1.54) is 6.92 Å². The molecule has 1 aliphatic carbocycles. The number of halogens is 3. The molecule has 2 amide bonds. The number of nitrogens with one attached hydrogen (secondary N) is 2. The number of alkyl halides is 3. The SMILES string of the molecule is CC(=O)NC(CC(=O)NC1CCCC(C(F)(F)F)C1)c1ccccc1. The number of amides is 2. The van der Waals surface area contributed by atoms with Crippen molar-refractivity contribution in [3.8, 4) is 0 Å². The molecule has 1 aromatic carbocycles. The third-order valence-electron chi connectivity index (χ3n) is 4.47. The molecule has 25 heavy (non-hydrogen) atoms. The fraction of sp³-hybridized carbons (Fsp3) is 0.556. The van der Waals surface area contributed by atoms with Gasteiger partial charge in [-0.15, -0.1) is 0 Å². The molecule has 138 valence electrons. The Labute approximate surface area is 145 Å². The van der Waals surface area contributed by atoms with E-state index < -0.39 is 24.2 Å². The molecule has 0 aromatic heterocycles. The quantitative estimate of drug-likeness (QED) is 0.848. The highest BCUT2D eigenvalue weighted by Gasteiger charge is 2.42. The summed E-state index contributed by atoms with van der Waals surface area (Å²) < 4.78 is 38.6. The summed E-state index contributed by atoms with van der Waals surface area (Å²) in [4.78, 5) is 23.7. The monoisotopic (exact) mass is 356 g/mol. The van der Waals surface area contributed by atoms with Crippen molar-refractivity contribution in [2.45, 2.75) is 57.3 Å². The van der Waals surface area contributed by atoms with Gasteiger partial charge in [-0.05, 0) is 24.8 Å². The van der Waals surface area contributed by atoms with Gasteiger partial charge in [0, 0.05) is 13.0 Å². The summed E-state index contributed by atoms with van der Waals surface area (Å²) in [5.74, 6) is -1.97. The second-order valence-electron chi connectivity index (χ2n) is 6.54. The second kappa shape index (κ2) is 8.36. The number of hydrogen-bond acceptors (Lipinski definition) is 2. The van der Waals surface area contributed by atoms with Gasteiger partial charge >= 0.3 is 6.18 Å². The average molecular weight is 356 g/mol. The Morgan fingerprint density at radius 2 is 1.88 bits per heavy atom. The lowest BCUT2D eigenvalue weighted by Crippen LogP contribution is -2.42. The number of carbonyl (C=O) groups is 2. The molecule has 3 atom stereocenters. The molecule has 2 N–H and O–H groups in total. The first-order chi connectivity index (χ1) is 11.8. The standard InChI is InChI=1S/C18H23F3N2O2/c1-12(24)22-16(13-6-3-2-4-7-13)11-17(25)23-15-9-5-8-14(10-15)18(19,20)21/h2-4,6-7,14-16H,5,8-11H2,1H3,(H,22,24)(H,23,25). The van der Waals surface area contributed by atoms with Gasteiger partial charge in [0.05, 0.1) is 18.4 Å². The van der Waals surface area contributed by atoms with Crippen LogP contribution in [0.3, 0.4) is 0 Å². The lowest BCUT2D eigenvalue weighted by Gasteiger charge is -2.31.